The summed E-state index contributed by atoms with van der Waals surface area (Å²) >= 11 is 3.36. The van der Waals surface area contributed by atoms with Gasteiger partial charge in [-0.3, -0.25) is 4.79 Å². The monoisotopic (exact) mass is 470 g/mol. The van der Waals surface area contributed by atoms with Crippen molar-refractivity contribution in [3.05, 3.63) is 52.0 Å². The molecular formula is C19H15BrF4N4O. The van der Waals surface area contributed by atoms with E-state index in [2.05, 4.69) is 26.0 Å². The van der Waals surface area contributed by atoms with Crippen molar-refractivity contribution in [2.45, 2.75) is 32.0 Å². The van der Waals surface area contributed by atoms with E-state index in [9.17, 15) is 22.4 Å². The van der Waals surface area contributed by atoms with Crippen LogP contribution in [0, 0.1) is 18.8 Å². The van der Waals surface area contributed by atoms with Crippen LogP contribution in [0.1, 0.15) is 28.9 Å². The van der Waals surface area contributed by atoms with Gasteiger partial charge in [0.1, 0.15) is 11.6 Å². The van der Waals surface area contributed by atoms with Crippen LogP contribution in [0.4, 0.5) is 17.6 Å². The first kappa shape index (κ1) is 19.8. The minimum atomic E-state index is -4.61. The summed E-state index contributed by atoms with van der Waals surface area (Å²) in [6.07, 6.45) is -3.88. The number of nitrogens with one attached hydrogen (secondary N) is 1. The molecule has 0 radical (unpaired) electrons. The Morgan fingerprint density at radius 2 is 2.03 bits per heavy atom. The highest BCUT2D eigenvalue weighted by Gasteiger charge is 2.50. The van der Waals surface area contributed by atoms with Crippen molar-refractivity contribution < 1.29 is 22.4 Å². The van der Waals surface area contributed by atoms with Gasteiger partial charge >= 0.3 is 6.18 Å². The number of fused-ring (bicyclic) bond motifs is 1. The van der Waals surface area contributed by atoms with Gasteiger partial charge in [0, 0.05) is 15.7 Å². The van der Waals surface area contributed by atoms with E-state index < -0.39 is 35.6 Å². The number of halogens is 5. The minimum Gasteiger partial charge on any atom is -0.340 e. The first-order chi connectivity index (χ1) is 13.6. The lowest BCUT2D eigenvalue weighted by Crippen LogP contribution is -2.47. The van der Waals surface area contributed by atoms with Crippen LogP contribution in [0.2, 0.25) is 0 Å². The molecule has 1 N–H and O–H groups in total. The van der Waals surface area contributed by atoms with Crippen LogP contribution in [0.3, 0.4) is 0 Å². The Hall–Kier alpha value is -2.49. The molecule has 4 rings (SSSR count). The Bertz CT molecular complexity index is 1110. The number of hydrogen-bond donors (Lipinski definition) is 1. The molecule has 0 spiro atoms. The maximum Gasteiger partial charge on any atom is 0.408 e. The minimum absolute atomic E-state index is 0.133. The Morgan fingerprint density at radius 1 is 1.31 bits per heavy atom. The first-order valence-electron chi connectivity index (χ1n) is 8.84. The molecule has 1 saturated carbocycles. The number of aryl methyl sites for hydroxylation is 1. The fraction of sp³-hybridized carbons (Fsp3) is 0.316. The molecule has 0 saturated heterocycles. The smallest absolute Gasteiger partial charge is 0.340 e. The van der Waals surface area contributed by atoms with Gasteiger partial charge < -0.3 is 5.32 Å². The lowest BCUT2D eigenvalue weighted by Gasteiger charge is -2.20. The van der Waals surface area contributed by atoms with Crippen LogP contribution in [0.5, 0.6) is 0 Å². The first-order valence-corrected chi connectivity index (χ1v) is 9.64. The molecule has 0 aliphatic heterocycles. The standard InChI is InChI=1S/C19H15BrF4N4O/c1-9-7-13(11-3-2-4-12(20)8-11)25-17-14(16(21)27-28(9)17)18(29)26-15(10-5-6-10)19(22,23)24/h2-4,7-8,10,15H,5-6H2,1H3,(H,26,29). The van der Waals surface area contributed by atoms with Crippen molar-refractivity contribution in [2.24, 2.45) is 5.92 Å². The summed E-state index contributed by atoms with van der Waals surface area (Å²) in [6, 6.07) is 6.82. The lowest BCUT2D eigenvalue weighted by molar-refractivity contribution is -0.158. The van der Waals surface area contributed by atoms with E-state index in [1.54, 1.807) is 31.2 Å². The molecule has 152 valence electrons. The van der Waals surface area contributed by atoms with Gasteiger partial charge in [0.05, 0.1) is 5.69 Å². The van der Waals surface area contributed by atoms with Crippen molar-refractivity contribution in [1.82, 2.24) is 19.9 Å². The van der Waals surface area contributed by atoms with Gasteiger partial charge in [0.2, 0.25) is 5.95 Å². The average molecular weight is 471 g/mol. The van der Waals surface area contributed by atoms with Gasteiger partial charge in [-0.25, -0.2) is 9.50 Å². The number of hydrogen-bond acceptors (Lipinski definition) is 3. The van der Waals surface area contributed by atoms with Crippen LogP contribution in [-0.4, -0.2) is 32.7 Å². The summed E-state index contributed by atoms with van der Waals surface area (Å²) in [6.45, 7) is 1.65. The van der Waals surface area contributed by atoms with Gasteiger partial charge in [-0.15, -0.1) is 5.10 Å². The summed E-state index contributed by atoms with van der Waals surface area (Å²) in [5.41, 5.74) is 0.896. The van der Waals surface area contributed by atoms with E-state index >= 15 is 0 Å². The zero-order chi connectivity index (χ0) is 20.9. The number of benzene rings is 1. The summed E-state index contributed by atoms with van der Waals surface area (Å²) in [4.78, 5) is 16.9. The SMILES string of the molecule is Cc1cc(-c2cccc(Br)c2)nc2c(C(=O)NC(C3CC3)C(F)(F)F)c(F)nn12. The molecule has 10 heteroatoms. The molecule has 3 aromatic rings. The second kappa shape index (κ2) is 7.08. The summed E-state index contributed by atoms with van der Waals surface area (Å²) in [7, 11) is 0. The molecule has 5 nitrogen and oxygen atoms in total. The Balaban J connectivity index is 1.78. The number of amides is 1. The van der Waals surface area contributed by atoms with Crippen LogP contribution in [-0.2, 0) is 0 Å². The number of carbonyl (C=O) groups is 1. The van der Waals surface area contributed by atoms with E-state index in [0.29, 0.717) is 29.8 Å². The topological polar surface area (TPSA) is 59.3 Å². The maximum absolute atomic E-state index is 14.5. The Morgan fingerprint density at radius 3 is 2.66 bits per heavy atom. The van der Waals surface area contributed by atoms with Crippen LogP contribution >= 0.6 is 15.9 Å². The highest BCUT2D eigenvalue weighted by Crippen LogP contribution is 2.40. The summed E-state index contributed by atoms with van der Waals surface area (Å²) in [5.74, 6) is -3.03. The molecule has 1 atom stereocenters. The van der Waals surface area contributed by atoms with E-state index in [4.69, 9.17) is 0 Å². The van der Waals surface area contributed by atoms with E-state index in [0.717, 1.165) is 8.99 Å². The van der Waals surface area contributed by atoms with Crippen molar-refractivity contribution in [1.29, 1.82) is 0 Å². The third-order valence-electron chi connectivity index (χ3n) is 4.80. The summed E-state index contributed by atoms with van der Waals surface area (Å²) < 4.78 is 56.2. The molecule has 1 fully saturated rings. The van der Waals surface area contributed by atoms with E-state index in [-0.39, 0.29) is 5.65 Å². The van der Waals surface area contributed by atoms with Gasteiger partial charge in [0.25, 0.3) is 5.91 Å². The summed E-state index contributed by atoms with van der Waals surface area (Å²) in [5, 5.41) is 5.59. The zero-order valence-corrected chi connectivity index (χ0v) is 16.7. The van der Waals surface area contributed by atoms with Crippen LogP contribution in [0.25, 0.3) is 16.9 Å². The molecule has 29 heavy (non-hydrogen) atoms. The normalized spacial score (nSPS) is 15.5. The van der Waals surface area contributed by atoms with Gasteiger partial charge in [-0.1, -0.05) is 28.1 Å². The lowest BCUT2D eigenvalue weighted by atomic mass is 10.1. The van der Waals surface area contributed by atoms with Crippen LogP contribution < -0.4 is 5.32 Å². The molecule has 1 aliphatic carbocycles. The largest absolute Gasteiger partial charge is 0.408 e. The fourth-order valence-corrected chi connectivity index (χ4v) is 3.64. The molecule has 1 unspecified atom stereocenters. The molecule has 2 heterocycles. The van der Waals surface area contributed by atoms with Gasteiger partial charge in [-0.05, 0) is 43.9 Å². The van der Waals surface area contributed by atoms with Gasteiger partial charge in [-0.2, -0.15) is 17.6 Å². The highest BCUT2D eigenvalue weighted by atomic mass is 79.9. The number of rotatable bonds is 4. The predicted molar refractivity (Wildman–Crippen MR) is 101 cm³/mol. The van der Waals surface area contributed by atoms with Gasteiger partial charge in [0.15, 0.2) is 5.65 Å². The molecule has 1 amide bonds. The second-order valence-corrected chi connectivity index (χ2v) is 7.94. The third kappa shape index (κ3) is 3.85. The van der Waals surface area contributed by atoms with Crippen molar-refractivity contribution in [2.75, 3.05) is 0 Å². The zero-order valence-electron chi connectivity index (χ0n) is 15.1. The molecule has 1 aliphatic rings. The molecule has 2 aromatic heterocycles. The third-order valence-corrected chi connectivity index (χ3v) is 5.30. The number of carbonyl (C=O) groups excluding carboxylic acids is 1. The van der Waals surface area contributed by atoms with Crippen molar-refractivity contribution >= 4 is 27.5 Å². The van der Waals surface area contributed by atoms with E-state index in [1.165, 1.54) is 0 Å². The van der Waals surface area contributed by atoms with Crippen LogP contribution in [0.15, 0.2) is 34.8 Å². The number of aromatic nitrogens is 3. The second-order valence-electron chi connectivity index (χ2n) is 7.02. The predicted octanol–water partition coefficient (Wildman–Crippen LogP) is 4.68. The number of alkyl halides is 3. The average Bonchev–Trinajstić information content (AvgIpc) is 3.40. The Kier molecular flexibility index (Phi) is 4.84. The van der Waals surface area contributed by atoms with Crippen molar-refractivity contribution in [3.63, 3.8) is 0 Å². The van der Waals surface area contributed by atoms with Crippen molar-refractivity contribution in [3.8, 4) is 11.3 Å². The molecule has 0 bridgehead atoms. The highest BCUT2D eigenvalue weighted by molar-refractivity contribution is 9.10. The number of nitrogens with zero attached hydrogens (tertiary/aromatic N) is 3. The molecular weight excluding hydrogens is 456 g/mol. The maximum atomic E-state index is 14.5. The fourth-order valence-electron chi connectivity index (χ4n) is 3.24. The molecule has 1 aromatic carbocycles. The van der Waals surface area contributed by atoms with E-state index in [1.807, 2.05) is 11.4 Å². The Labute approximate surface area is 171 Å². The quantitative estimate of drug-likeness (QED) is 0.563.